The first-order valence-corrected chi connectivity index (χ1v) is 10.9. The Morgan fingerprint density at radius 3 is 2.48 bits per heavy atom. The number of methoxy groups -OCH3 is 1. The molecule has 3 rings (SSSR count). The molecule has 0 spiro atoms. The number of nitrogens with zero attached hydrogens (tertiary/aromatic N) is 3. The number of nitrogens with one attached hydrogen (secondary N) is 2. The van der Waals surface area contributed by atoms with Gasteiger partial charge in [0.05, 0.1) is 12.9 Å². The third-order valence-corrected chi connectivity index (χ3v) is 5.40. The van der Waals surface area contributed by atoms with Gasteiger partial charge in [0, 0.05) is 36.8 Å². The molecule has 1 aromatic heterocycles. The van der Waals surface area contributed by atoms with Crippen LogP contribution in [-0.4, -0.2) is 39.4 Å². The molecule has 2 N–H and O–H groups in total. The lowest BCUT2D eigenvalue weighted by Gasteiger charge is -2.09. The zero-order chi connectivity index (χ0) is 22.1. The topological polar surface area (TPSA) is 98.1 Å². The van der Waals surface area contributed by atoms with Gasteiger partial charge >= 0.3 is 0 Å². The van der Waals surface area contributed by atoms with Crippen molar-refractivity contribution >= 4 is 35.0 Å². The largest absolute Gasteiger partial charge is 0.497 e. The van der Waals surface area contributed by atoms with Gasteiger partial charge in [0.15, 0.2) is 5.16 Å². The van der Waals surface area contributed by atoms with Crippen LogP contribution in [0.25, 0.3) is 0 Å². The molecule has 0 atom stereocenters. The number of hydrogen-bond acceptors (Lipinski definition) is 6. The minimum atomic E-state index is -0.146. The third kappa shape index (κ3) is 6.58. The Hall–Kier alpha value is -3.33. The van der Waals surface area contributed by atoms with Gasteiger partial charge in [-0.1, -0.05) is 36.0 Å². The summed E-state index contributed by atoms with van der Waals surface area (Å²) in [4.78, 5) is 24.5. The molecule has 9 heteroatoms. The van der Waals surface area contributed by atoms with E-state index in [0.717, 1.165) is 11.5 Å². The Bertz CT molecular complexity index is 1020. The second-order valence-corrected chi connectivity index (χ2v) is 7.57. The Morgan fingerprint density at radius 2 is 1.74 bits per heavy atom. The van der Waals surface area contributed by atoms with E-state index >= 15 is 0 Å². The van der Waals surface area contributed by atoms with Gasteiger partial charge in [-0.3, -0.25) is 9.59 Å². The van der Waals surface area contributed by atoms with Crippen molar-refractivity contribution in [3.05, 3.63) is 60.4 Å². The van der Waals surface area contributed by atoms with E-state index in [4.69, 9.17) is 4.74 Å². The molecule has 0 bridgehead atoms. The lowest BCUT2D eigenvalue weighted by molar-refractivity contribution is -0.116. The highest BCUT2D eigenvalue weighted by atomic mass is 32.2. The molecule has 3 aromatic rings. The van der Waals surface area contributed by atoms with Crippen LogP contribution in [0.5, 0.6) is 5.75 Å². The van der Waals surface area contributed by atoms with Crippen LogP contribution in [-0.2, 0) is 22.6 Å². The van der Waals surface area contributed by atoms with Gasteiger partial charge in [-0.15, -0.1) is 10.2 Å². The molecule has 0 saturated heterocycles. The zero-order valence-corrected chi connectivity index (χ0v) is 18.3. The normalized spacial score (nSPS) is 10.5. The number of amides is 2. The Labute approximate surface area is 185 Å². The van der Waals surface area contributed by atoms with Gasteiger partial charge in [0.25, 0.3) is 0 Å². The fourth-order valence-corrected chi connectivity index (χ4v) is 3.75. The van der Waals surface area contributed by atoms with Crippen LogP contribution >= 0.6 is 11.8 Å². The maximum atomic E-state index is 12.3. The fraction of sp³-hybridized carbons (Fsp3) is 0.273. The van der Waals surface area contributed by atoms with Gasteiger partial charge in [0.1, 0.15) is 11.6 Å². The van der Waals surface area contributed by atoms with E-state index in [9.17, 15) is 9.59 Å². The van der Waals surface area contributed by atoms with Crippen LogP contribution in [0.15, 0.2) is 59.8 Å². The van der Waals surface area contributed by atoms with Gasteiger partial charge in [-0.25, -0.2) is 0 Å². The summed E-state index contributed by atoms with van der Waals surface area (Å²) in [7, 11) is 1.58. The fourth-order valence-electron chi connectivity index (χ4n) is 2.93. The molecular weight excluding hydrogens is 414 g/mol. The monoisotopic (exact) mass is 439 g/mol. The Balaban J connectivity index is 1.52. The van der Waals surface area contributed by atoms with E-state index < -0.39 is 0 Å². The molecule has 31 heavy (non-hydrogen) atoms. The number of thioether (sulfide) groups is 1. The second kappa shape index (κ2) is 11.2. The molecule has 0 fully saturated rings. The Morgan fingerprint density at radius 1 is 1.00 bits per heavy atom. The first-order valence-electron chi connectivity index (χ1n) is 9.92. The van der Waals surface area contributed by atoms with Crippen LogP contribution in [0.1, 0.15) is 19.2 Å². The third-order valence-electron chi connectivity index (χ3n) is 4.43. The molecule has 0 radical (unpaired) electrons. The molecule has 0 aliphatic carbocycles. The number of rotatable bonds is 10. The van der Waals surface area contributed by atoms with Crippen LogP contribution < -0.4 is 15.4 Å². The van der Waals surface area contributed by atoms with E-state index in [2.05, 4.69) is 20.8 Å². The van der Waals surface area contributed by atoms with Gasteiger partial charge < -0.3 is 19.9 Å². The van der Waals surface area contributed by atoms with Crippen LogP contribution in [0.3, 0.4) is 0 Å². The predicted molar refractivity (Wildman–Crippen MR) is 121 cm³/mol. The lowest BCUT2D eigenvalue weighted by Crippen LogP contribution is -2.15. The smallest absolute Gasteiger partial charge is 0.234 e. The molecule has 1 heterocycles. The van der Waals surface area contributed by atoms with Crippen LogP contribution in [0, 0.1) is 0 Å². The van der Waals surface area contributed by atoms with Gasteiger partial charge in [-0.2, -0.15) is 0 Å². The van der Waals surface area contributed by atoms with Crippen molar-refractivity contribution in [1.82, 2.24) is 14.8 Å². The maximum absolute atomic E-state index is 12.3. The molecule has 162 valence electrons. The van der Waals surface area contributed by atoms with E-state index in [-0.39, 0.29) is 17.6 Å². The summed E-state index contributed by atoms with van der Waals surface area (Å²) in [6.45, 7) is 2.64. The predicted octanol–water partition coefficient (Wildman–Crippen LogP) is 3.61. The number of ether oxygens (including phenoxy) is 1. The minimum Gasteiger partial charge on any atom is -0.497 e. The molecule has 0 saturated carbocycles. The van der Waals surface area contributed by atoms with Crippen molar-refractivity contribution in [3.8, 4) is 5.75 Å². The highest BCUT2D eigenvalue weighted by Gasteiger charge is 2.14. The van der Waals surface area contributed by atoms with E-state index in [1.807, 2.05) is 54.0 Å². The van der Waals surface area contributed by atoms with Crippen molar-refractivity contribution in [2.75, 3.05) is 23.5 Å². The number of aryl methyl sites for hydroxylation is 1. The highest BCUT2D eigenvalue weighted by molar-refractivity contribution is 7.99. The van der Waals surface area contributed by atoms with Crippen molar-refractivity contribution in [2.24, 2.45) is 0 Å². The summed E-state index contributed by atoms with van der Waals surface area (Å²) in [5, 5.41) is 14.8. The number of anilines is 2. The van der Waals surface area contributed by atoms with Crippen molar-refractivity contribution in [2.45, 2.75) is 31.5 Å². The summed E-state index contributed by atoms with van der Waals surface area (Å²) in [5.74, 6) is 1.37. The summed E-state index contributed by atoms with van der Waals surface area (Å²) >= 11 is 1.31. The number of hydrogen-bond donors (Lipinski definition) is 2. The number of para-hydroxylation sites is 1. The summed E-state index contributed by atoms with van der Waals surface area (Å²) < 4.78 is 7.09. The molecule has 2 amide bonds. The van der Waals surface area contributed by atoms with Gasteiger partial charge in [0.2, 0.25) is 11.8 Å². The highest BCUT2D eigenvalue weighted by Crippen LogP contribution is 2.20. The average molecular weight is 440 g/mol. The first-order chi connectivity index (χ1) is 15.1. The van der Waals surface area contributed by atoms with Gasteiger partial charge in [-0.05, 0) is 31.2 Å². The second-order valence-electron chi connectivity index (χ2n) is 6.63. The molecule has 0 unspecified atom stereocenters. The number of carbonyl (C=O) groups is 2. The average Bonchev–Trinajstić information content (AvgIpc) is 3.19. The molecule has 8 nitrogen and oxygen atoms in total. The first kappa shape index (κ1) is 22.4. The van der Waals surface area contributed by atoms with Crippen molar-refractivity contribution in [3.63, 3.8) is 0 Å². The molecule has 2 aromatic carbocycles. The van der Waals surface area contributed by atoms with Crippen LogP contribution in [0.4, 0.5) is 11.4 Å². The standard InChI is InChI=1S/C22H25N5O3S/c1-3-27-19(12-13-20(28)23-16-8-5-4-6-9-16)25-26-22(27)31-15-21(29)24-17-10-7-11-18(14-17)30-2/h4-11,14H,3,12-13,15H2,1-2H3,(H,23,28)(H,24,29). The quantitative estimate of drug-likeness (QED) is 0.468. The number of carbonyl (C=O) groups excluding carboxylic acids is 2. The minimum absolute atomic E-state index is 0.0799. The molecule has 0 aliphatic heterocycles. The SMILES string of the molecule is CCn1c(CCC(=O)Nc2ccccc2)nnc1SCC(=O)Nc1cccc(OC)c1. The summed E-state index contributed by atoms with van der Waals surface area (Å²) in [6, 6.07) is 16.5. The molecular formula is C22H25N5O3S. The van der Waals surface area contributed by atoms with E-state index in [0.29, 0.717) is 36.0 Å². The lowest BCUT2D eigenvalue weighted by atomic mass is 10.2. The Kier molecular flexibility index (Phi) is 8.05. The van der Waals surface area contributed by atoms with E-state index in [1.54, 1.807) is 19.2 Å². The molecule has 0 aliphatic rings. The number of benzene rings is 2. The van der Waals surface area contributed by atoms with Crippen molar-refractivity contribution < 1.29 is 14.3 Å². The number of aromatic nitrogens is 3. The zero-order valence-electron chi connectivity index (χ0n) is 17.5. The van der Waals surface area contributed by atoms with Crippen LogP contribution in [0.2, 0.25) is 0 Å². The summed E-state index contributed by atoms with van der Waals surface area (Å²) in [5.41, 5.74) is 1.44. The van der Waals surface area contributed by atoms with Crippen molar-refractivity contribution in [1.29, 1.82) is 0 Å². The summed E-state index contributed by atoms with van der Waals surface area (Å²) in [6.07, 6.45) is 0.768. The van der Waals surface area contributed by atoms with E-state index in [1.165, 1.54) is 11.8 Å². The maximum Gasteiger partial charge on any atom is 0.234 e.